The minimum atomic E-state index is -0.154. The third-order valence-electron chi connectivity index (χ3n) is 3.84. The van der Waals surface area contributed by atoms with Crippen LogP contribution in [0, 0.1) is 18.5 Å². The van der Waals surface area contributed by atoms with Gasteiger partial charge in [0.1, 0.15) is 10.4 Å². The largest absolute Gasteiger partial charge is 0.493 e. The lowest BCUT2D eigenvalue weighted by Crippen LogP contribution is -2.32. The van der Waals surface area contributed by atoms with Gasteiger partial charge in [0.25, 0.3) is 5.91 Å². The Kier molecular flexibility index (Phi) is 3.98. The van der Waals surface area contributed by atoms with Crippen LogP contribution in [-0.4, -0.2) is 17.5 Å². The number of nitrogens with one attached hydrogen (secondary N) is 2. The highest BCUT2D eigenvalue weighted by molar-refractivity contribution is 7.71. The number of H-pyrrole nitrogens is 1. The molecule has 1 aliphatic rings. The first-order valence-corrected chi connectivity index (χ1v) is 7.69. The maximum Gasteiger partial charge on any atom is 0.254 e. The zero-order valence-corrected chi connectivity index (χ0v) is 13.4. The van der Waals surface area contributed by atoms with E-state index in [1.807, 2.05) is 13.8 Å². The van der Waals surface area contributed by atoms with Crippen molar-refractivity contribution in [2.75, 3.05) is 6.61 Å². The van der Waals surface area contributed by atoms with Gasteiger partial charge in [0.2, 0.25) is 0 Å². The van der Waals surface area contributed by atoms with Crippen LogP contribution in [0.4, 0.5) is 0 Å². The van der Waals surface area contributed by atoms with Gasteiger partial charge in [-0.25, -0.2) is 0 Å². The predicted molar refractivity (Wildman–Crippen MR) is 87.9 cm³/mol. The topological polar surface area (TPSA) is 54.1 Å². The quantitative estimate of drug-likeness (QED) is 0.833. The van der Waals surface area contributed by atoms with E-state index in [-0.39, 0.29) is 11.9 Å². The minimum absolute atomic E-state index is 0.0514. The summed E-state index contributed by atoms with van der Waals surface area (Å²) in [7, 11) is 0. The maximum atomic E-state index is 12.5. The highest BCUT2D eigenvalue weighted by Gasteiger charge is 2.25. The molecule has 0 fully saturated rings. The molecule has 0 spiro atoms. The van der Waals surface area contributed by atoms with Crippen LogP contribution in [0.25, 0.3) is 0 Å². The molecule has 0 radical (unpaired) electrons. The van der Waals surface area contributed by atoms with Gasteiger partial charge >= 0.3 is 0 Å². The molecule has 114 valence electrons. The molecular formula is C17H18N2O2S. The van der Waals surface area contributed by atoms with Gasteiger partial charge in [-0.05, 0) is 31.5 Å². The van der Waals surface area contributed by atoms with Crippen LogP contribution in [0.5, 0.6) is 5.75 Å². The lowest BCUT2D eigenvalue weighted by atomic mass is 9.95. The van der Waals surface area contributed by atoms with E-state index in [4.69, 9.17) is 17.0 Å². The molecule has 1 amide bonds. The van der Waals surface area contributed by atoms with E-state index >= 15 is 0 Å². The van der Waals surface area contributed by atoms with Crippen LogP contribution in [0.15, 0.2) is 30.5 Å². The molecule has 0 aliphatic carbocycles. The van der Waals surface area contributed by atoms with E-state index in [1.54, 1.807) is 18.3 Å². The van der Waals surface area contributed by atoms with E-state index in [1.165, 1.54) is 0 Å². The second-order valence-electron chi connectivity index (χ2n) is 5.58. The number of aromatic nitrogens is 1. The van der Waals surface area contributed by atoms with Crippen molar-refractivity contribution < 1.29 is 9.53 Å². The molecule has 3 rings (SSSR count). The van der Waals surface area contributed by atoms with Gasteiger partial charge < -0.3 is 15.0 Å². The van der Waals surface area contributed by atoms with Crippen LogP contribution in [-0.2, 0) is 0 Å². The molecule has 2 N–H and O–H groups in total. The summed E-state index contributed by atoms with van der Waals surface area (Å²) in [6.45, 7) is 4.68. The molecule has 22 heavy (non-hydrogen) atoms. The fourth-order valence-electron chi connectivity index (χ4n) is 2.86. The molecule has 1 aromatic carbocycles. The average Bonchev–Trinajstić information content (AvgIpc) is 2.48. The van der Waals surface area contributed by atoms with Crippen molar-refractivity contribution in [3.05, 3.63) is 57.4 Å². The standard InChI is InChI=1S/C17H18N2O2S/c1-10-8-11(2)15-13(9-10)14(5-7-21-15)19-16(20)12-4-3-6-18-17(12)22/h3-4,6,8-9,14H,5,7H2,1-2H3,(H,18,22)(H,19,20)/t14-/m1/s1. The number of hydrogen-bond donors (Lipinski definition) is 2. The van der Waals surface area contributed by atoms with Crippen molar-refractivity contribution in [3.63, 3.8) is 0 Å². The highest BCUT2D eigenvalue weighted by atomic mass is 32.1. The van der Waals surface area contributed by atoms with E-state index in [0.29, 0.717) is 16.8 Å². The molecule has 4 nitrogen and oxygen atoms in total. The summed E-state index contributed by atoms with van der Waals surface area (Å²) in [6, 6.07) is 7.63. The molecule has 5 heteroatoms. The third kappa shape index (κ3) is 2.76. The normalized spacial score (nSPS) is 16.5. The Labute approximate surface area is 134 Å². The Balaban J connectivity index is 1.91. The Hall–Kier alpha value is -2.14. The fourth-order valence-corrected chi connectivity index (χ4v) is 3.09. The zero-order valence-electron chi connectivity index (χ0n) is 12.6. The Morgan fingerprint density at radius 1 is 1.41 bits per heavy atom. The number of carbonyl (C=O) groups excluding carboxylic acids is 1. The summed E-state index contributed by atoms with van der Waals surface area (Å²) < 4.78 is 6.22. The second kappa shape index (κ2) is 5.93. The molecule has 1 atom stereocenters. The number of amides is 1. The smallest absolute Gasteiger partial charge is 0.254 e. The van der Waals surface area contributed by atoms with Gasteiger partial charge in [0.05, 0.1) is 18.2 Å². The number of ether oxygens (including phenoxy) is 1. The summed E-state index contributed by atoms with van der Waals surface area (Å²) in [5.74, 6) is 0.735. The van der Waals surface area contributed by atoms with Crippen LogP contribution in [0.1, 0.15) is 39.5 Å². The third-order valence-corrected chi connectivity index (χ3v) is 4.18. The Bertz CT molecular complexity index is 782. The van der Waals surface area contributed by atoms with Crippen molar-refractivity contribution in [3.8, 4) is 5.75 Å². The molecular weight excluding hydrogens is 296 g/mol. The van der Waals surface area contributed by atoms with Gasteiger partial charge in [-0.3, -0.25) is 4.79 Å². The molecule has 2 heterocycles. The van der Waals surface area contributed by atoms with Crippen molar-refractivity contribution in [1.29, 1.82) is 0 Å². The first kappa shape index (κ1) is 14.8. The number of aromatic amines is 1. The predicted octanol–water partition coefficient (Wildman–Crippen LogP) is 3.61. The van der Waals surface area contributed by atoms with Gasteiger partial charge in [-0.2, -0.15) is 0 Å². The maximum absolute atomic E-state index is 12.5. The van der Waals surface area contributed by atoms with Crippen LogP contribution in [0.2, 0.25) is 0 Å². The van der Waals surface area contributed by atoms with Gasteiger partial charge in [0.15, 0.2) is 0 Å². The van der Waals surface area contributed by atoms with Crippen LogP contribution in [0.3, 0.4) is 0 Å². The number of pyridine rings is 1. The first-order chi connectivity index (χ1) is 10.6. The summed E-state index contributed by atoms with van der Waals surface area (Å²) in [6.07, 6.45) is 2.47. The number of carbonyl (C=O) groups is 1. The minimum Gasteiger partial charge on any atom is -0.493 e. The molecule has 0 saturated heterocycles. The van der Waals surface area contributed by atoms with Crippen molar-refractivity contribution in [1.82, 2.24) is 10.3 Å². The second-order valence-corrected chi connectivity index (χ2v) is 5.98. The van der Waals surface area contributed by atoms with E-state index in [2.05, 4.69) is 22.4 Å². The van der Waals surface area contributed by atoms with Crippen molar-refractivity contribution >= 4 is 18.1 Å². The molecule has 1 aromatic heterocycles. The van der Waals surface area contributed by atoms with Crippen LogP contribution < -0.4 is 10.1 Å². The number of benzene rings is 1. The van der Waals surface area contributed by atoms with Gasteiger partial charge in [0, 0.05) is 18.2 Å². The van der Waals surface area contributed by atoms with E-state index in [0.717, 1.165) is 28.9 Å². The lowest BCUT2D eigenvalue weighted by molar-refractivity contribution is 0.0923. The zero-order chi connectivity index (χ0) is 15.7. The summed E-state index contributed by atoms with van der Waals surface area (Å²) in [5.41, 5.74) is 3.81. The molecule has 2 aromatic rings. The fraction of sp³-hybridized carbons (Fsp3) is 0.294. The van der Waals surface area contributed by atoms with Gasteiger partial charge in [-0.1, -0.05) is 29.9 Å². The van der Waals surface area contributed by atoms with Crippen molar-refractivity contribution in [2.24, 2.45) is 0 Å². The van der Waals surface area contributed by atoms with E-state index < -0.39 is 0 Å². The number of fused-ring (bicyclic) bond motifs is 1. The number of hydrogen-bond acceptors (Lipinski definition) is 3. The van der Waals surface area contributed by atoms with Crippen molar-refractivity contribution in [2.45, 2.75) is 26.3 Å². The summed E-state index contributed by atoms with van der Waals surface area (Å²) in [4.78, 5) is 15.4. The molecule has 0 saturated carbocycles. The number of rotatable bonds is 2. The Morgan fingerprint density at radius 2 is 2.23 bits per heavy atom. The lowest BCUT2D eigenvalue weighted by Gasteiger charge is -2.28. The Morgan fingerprint density at radius 3 is 3.00 bits per heavy atom. The molecule has 1 aliphatic heterocycles. The van der Waals surface area contributed by atoms with Crippen LogP contribution >= 0.6 is 12.2 Å². The molecule has 0 unspecified atom stereocenters. The van der Waals surface area contributed by atoms with E-state index in [9.17, 15) is 4.79 Å². The van der Waals surface area contributed by atoms with Gasteiger partial charge in [-0.15, -0.1) is 0 Å². The molecule has 0 bridgehead atoms. The average molecular weight is 314 g/mol. The summed E-state index contributed by atoms with van der Waals surface area (Å²) >= 11 is 5.17. The summed E-state index contributed by atoms with van der Waals surface area (Å²) in [5, 5.41) is 3.08. The SMILES string of the molecule is Cc1cc(C)c2c(c1)[C@H](NC(=O)c1ccc[nH]c1=S)CCO2. The highest BCUT2D eigenvalue weighted by Crippen LogP contribution is 2.35. The monoisotopic (exact) mass is 314 g/mol. The number of aryl methyl sites for hydroxylation is 2. The first-order valence-electron chi connectivity index (χ1n) is 7.29.